The summed E-state index contributed by atoms with van der Waals surface area (Å²) in [5, 5.41) is 8.83. The average molecular weight is 357 g/mol. The Morgan fingerprint density at radius 2 is 1.88 bits per heavy atom. The Labute approximate surface area is 146 Å². The highest BCUT2D eigenvalue weighted by Gasteiger charge is 2.16. The molecular weight excluding hydrogens is 342 g/mol. The molecule has 1 N–H and O–H groups in total. The van der Waals surface area contributed by atoms with E-state index < -0.39 is 0 Å². The van der Waals surface area contributed by atoms with Crippen LogP contribution >= 0.6 is 22.7 Å². The van der Waals surface area contributed by atoms with Crippen LogP contribution in [-0.4, -0.2) is 25.7 Å². The third-order valence-corrected chi connectivity index (χ3v) is 5.81. The quantitative estimate of drug-likeness (QED) is 0.602. The van der Waals surface area contributed by atoms with Crippen LogP contribution in [0.2, 0.25) is 0 Å². The zero-order chi connectivity index (χ0) is 16.8. The number of nitrogens with zero attached hydrogens (tertiary/aromatic N) is 4. The number of anilines is 1. The summed E-state index contributed by atoms with van der Waals surface area (Å²) in [6.45, 7) is 6.49. The predicted molar refractivity (Wildman–Crippen MR) is 98.1 cm³/mol. The number of amides is 1. The summed E-state index contributed by atoms with van der Waals surface area (Å²) in [4.78, 5) is 21.6. The first-order valence-electron chi connectivity index (χ1n) is 7.57. The topological polar surface area (TPSA) is 72.7 Å². The Balaban J connectivity index is 1.71. The standard InChI is InChI=1S/C16H15N5OS2/c1-4-21-12(7-8(2)20-21)15(22)19-16-18-11-6-5-10-13(14(11)24-16)23-9(3)17-10/h5-7H,4H2,1-3H3,(H,18,19,22). The maximum absolute atomic E-state index is 12.5. The molecule has 3 heterocycles. The molecule has 24 heavy (non-hydrogen) atoms. The van der Waals surface area contributed by atoms with E-state index in [2.05, 4.69) is 20.4 Å². The summed E-state index contributed by atoms with van der Waals surface area (Å²) in [5.74, 6) is -0.187. The van der Waals surface area contributed by atoms with Crippen molar-refractivity contribution < 1.29 is 4.79 Å². The van der Waals surface area contributed by atoms with Crippen LogP contribution in [0.1, 0.15) is 28.1 Å². The number of thiazole rings is 2. The molecule has 0 aliphatic rings. The first-order valence-corrected chi connectivity index (χ1v) is 9.21. The fraction of sp³-hybridized carbons (Fsp3) is 0.250. The first-order chi connectivity index (χ1) is 11.5. The summed E-state index contributed by atoms with van der Waals surface area (Å²) in [6, 6.07) is 5.71. The zero-order valence-electron chi connectivity index (χ0n) is 13.5. The predicted octanol–water partition coefficient (Wildman–Crippen LogP) is 3.99. The van der Waals surface area contributed by atoms with Gasteiger partial charge in [0.05, 0.1) is 31.1 Å². The molecule has 0 aliphatic heterocycles. The van der Waals surface area contributed by atoms with E-state index in [1.54, 1.807) is 22.1 Å². The lowest BCUT2D eigenvalue weighted by atomic mass is 10.3. The second-order valence-corrected chi connectivity index (χ2v) is 7.66. The van der Waals surface area contributed by atoms with Crippen molar-refractivity contribution in [3.05, 3.63) is 34.6 Å². The van der Waals surface area contributed by atoms with Crippen molar-refractivity contribution in [2.45, 2.75) is 27.3 Å². The van der Waals surface area contributed by atoms with Gasteiger partial charge in [-0.05, 0) is 39.0 Å². The van der Waals surface area contributed by atoms with Gasteiger partial charge in [0.2, 0.25) is 0 Å². The molecule has 0 saturated carbocycles. The minimum absolute atomic E-state index is 0.187. The molecule has 0 atom stereocenters. The molecule has 0 bridgehead atoms. The van der Waals surface area contributed by atoms with E-state index in [9.17, 15) is 4.79 Å². The van der Waals surface area contributed by atoms with Crippen LogP contribution in [0.25, 0.3) is 20.4 Å². The minimum Gasteiger partial charge on any atom is -0.296 e. The molecular formula is C16H15N5OS2. The fourth-order valence-corrected chi connectivity index (χ4v) is 4.67. The molecule has 1 aromatic carbocycles. The number of aryl methyl sites for hydroxylation is 3. The van der Waals surface area contributed by atoms with Crippen LogP contribution in [0.5, 0.6) is 0 Å². The molecule has 3 aromatic heterocycles. The molecule has 122 valence electrons. The Hall–Kier alpha value is -2.32. The SMILES string of the molecule is CCn1nc(C)cc1C(=O)Nc1nc2ccc3nc(C)sc3c2s1. The highest BCUT2D eigenvalue weighted by Crippen LogP contribution is 2.35. The van der Waals surface area contributed by atoms with Crippen LogP contribution in [0.4, 0.5) is 5.13 Å². The van der Waals surface area contributed by atoms with Gasteiger partial charge < -0.3 is 0 Å². The number of carbonyl (C=O) groups is 1. The molecule has 8 heteroatoms. The Morgan fingerprint density at radius 1 is 1.17 bits per heavy atom. The van der Waals surface area contributed by atoms with E-state index in [1.807, 2.05) is 32.9 Å². The number of hydrogen-bond acceptors (Lipinski definition) is 6. The van der Waals surface area contributed by atoms with Gasteiger partial charge in [0.15, 0.2) is 5.13 Å². The van der Waals surface area contributed by atoms with Gasteiger partial charge in [0, 0.05) is 6.54 Å². The molecule has 0 fully saturated rings. The van der Waals surface area contributed by atoms with Gasteiger partial charge >= 0.3 is 0 Å². The number of rotatable bonds is 3. The molecule has 1 amide bonds. The number of aromatic nitrogens is 4. The van der Waals surface area contributed by atoms with Crippen molar-refractivity contribution in [2.24, 2.45) is 0 Å². The first kappa shape index (κ1) is 15.2. The van der Waals surface area contributed by atoms with Crippen LogP contribution in [0.3, 0.4) is 0 Å². The highest BCUT2D eigenvalue weighted by molar-refractivity contribution is 7.28. The summed E-state index contributed by atoms with van der Waals surface area (Å²) >= 11 is 3.13. The van der Waals surface area contributed by atoms with E-state index in [4.69, 9.17) is 0 Å². The number of carbonyl (C=O) groups excluding carboxylic acids is 1. The van der Waals surface area contributed by atoms with Crippen LogP contribution in [0.15, 0.2) is 18.2 Å². The van der Waals surface area contributed by atoms with E-state index in [1.165, 1.54) is 11.3 Å². The third-order valence-electron chi connectivity index (χ3n) is 3.67. The Bertz CT molecular complexity index is 1080. The number of benzene rings is 1. The summed E-state index contributed by atoms with van der Waals surface area (Å²) in [5.41, 5.74) is 3.24. The average Bonchev–Trinajstić information content (AvgIpc) is 3.21. The van der Waals surface area contributed by atoms with Crippen molar-refractivity contribution in [1.82, 2.24) is 19.7 Å². The van der Waals surface area contributed by atoms with Gasteiger partial charge in [-0.1, -0.05) is 11.3 Å². The molecule has 4 rings (SSSR count). The molecule has 4 aromatic rings. The van der Waals surface area contributed by atoms with Gasteiger partial charge in [-0.2, -0.15) is 5.10 Å². The molecule has 0 radical (unpaired) electrons. The lowest BCUT2D eigenvalue weighted by molar-refractivity contribution is 0.101. The monoisotopic (exact) mass is 357 g/mol. The van der Waals surface area contributed by atoms with Crippen molar-refractivity contribution in [3.63, 3.8) is 0 Å². The van der Waals surface area contributed by atoms with Gasteiger partial charge in [0.25, 0.3) is 5.91 Å². The van der Waals surface area contributed by atoms with E-state index >= 15 is 0 Å². The Kier molecular flexibility index (Phi) is 3.58. The largest absolute Gasteiger partial charge is 0.296 e. The summed E-state index contributed by atoms with van der Waals surface area (Å²) in [6.07, 6.45) is 0. The second kappa shape index (κ2) is 5.64. The van der Waals surface area contributed by atoms with Crippen molar-refractivity contribution in [3.8, 4) is 0 Å². The van der Waals surface area contributed by atoms with Gasteiger partial charge in [0.1, 0.15) is 5.69 Å². The Morgan fingerprint density at radius 3 is 2.62 bits per heavy atom. The maximum Gasteiger partial charge on any atom is 0.275 e. The summed E-state index contributed by atoms with van der Waals surface area (Å²) in [7, 11) is 0. The van der Waals surface area contributed by atoms with Crippen molar-refractivity contribution >= 4 is 54.1 Å². The second-order valence-electron chi connectivity index (χ2n) is 5.45. The molecule has 0 spiro atoms. The number of nitrogens with one attached hydrogen (secondary N) is 1. The van der Waals surface area contributed by atoms with Crippen LogP contribution in [-0.2, 0) is 6.54 Å². The van der Waals surface area contributed by atoms with E-state index in [0.29, 0.717) is 17.4 Å². The van der Waals surface area contributed by atoms with Crippen LogP contribution < -0.4 is 5.32 Å². The third kappa shape index (κ3) is 2.47. The van der Waals surface area contributed by atoms with Gasteiger partial charge in [-0.3, -0.25) is 14.8 Å². The van der Waals surface area contributed by atoms with E-state index in [0.717, 1.165) is 31.1 Å². The van der Waals surface area contributed by atoms with Gasteiger partial charge in [-0.15, -0.1) is 11.3 Å². The lowest BCUT2D eigenvalue weighted by Gasteiger charge is -2.03. The number of fused-ring (bicyclic) bond motifs is 3. The number of hydrogen-bond donors (Lipinski definition) is 1. The maximum atomic E-state index is 12.5. The molecule has 0 saturated heterocycles. The minimum atomic E-state index is -0.187. The molecule has 0 unspecified atom stereocenters. The molecule has 6 nitrogen and oxygen atoms in total. The van der Waals surface area contributed by atoms with Gasteiger partial charge in [-0.25, -0.2) is 9.97 Å². The van der Waals surface area contributed by atoms with E-state index in [-0.39, 0.29) is 5.91 Å². The fourth-order valence-electron chi connectivity index (χ4n) is 2.67. The normalized spacial score (nSPS) is 11.5. The lowest BCUT2D eigenvalue weighted by Crippen LogP contribution is -2.17. The van der Waals surface area contributed by atoms with Crippen LogP contribution in [0, 0.1) is 13.8 Å². The summed E-state index contributed by atoms with van der Waals surface area (Å²) < 4.78 is 3.88. The molecule has 0 aliphatic carbocycles. The zero-order valence-corrected chi connectivity index (χ0v) is 15.1. The van der Waals surface area contributed by atoms with Crippen molar-refractivity contribution in [1.29, 1.82) is 0 Å². The highest BCUT2D eigenvalue weighted by atomic mass is 32.1. The van der Waals surface area contributed by atoms with Crippen molar-refractivity contribution in [2.75, 3.05) is 5.32 Å². The smallest absolute Gasteiger partial charge is 0.275 e.